The van der Waals surface area contributed by atoms with Crippen LogP contribution < -0.4 is 10.2 Å². The van der Waals surface area contributed by atoms with Gasteiger partial charge in [0.25, 0.3) is 0 Å². The number of H-pyrrole nitrogens is 1. The molecule has 3 rings (SSSR count). The van der Waals surface area contributed by atoms with E-state index in [1.54, 1.807) is 0 Å². The van der Waals surface area contributed by atoms with Gasteiger partial charge in [0.05, 0.1) is 25.5 Å². The molecule has 27 heavy (non-hydrogen) atoms. The van der Waals surface area contributed by atoms with E-state index in [9.17, 15) is 4.79 Å². The number of rotatable bonds is 6. The van der Waals surface area contributed by atoms with E-state index >= 15 is 0 Å². The van der Waals surface area contributed by atoms with Crippen LogP contribution in [0.1, 0.15) is 30.2 Å². The summed E-state index contributed by atoms with van der Waals surface area (Å²) in [6, 6.07) is 11.7. The van der Waals surface area contributed by atoms with Crippen molar-refractivity contribution in [2.45, 2.75) is 32.3 Å². The molecular formula is C22H25NO4. The Morgan fingerprint density at radius 1 is 1.26 bits per heavy atom. The molecule has 1 atom stereocenters. The molecule has 2 aromatic rings. The van der Waals surface area contributed by atoms with Crippen LogP contribution in [0.4, 0.5) is 0 Å². The summed E-state index contributed by atoms with van der Waals surface area (Å²) in [5, 5.41) is 0. The molecule has 5 heteroatoms. The highest BCUT2D eigenvalue weighted by molar-refractivity contribution is 5.38. The number of pyridine rings is 1. The Balaban J connectivity index is 1.66. The summed E-state index contributed by atoms with van der Waals surface area (Å²) in [4.78, 5) is 15.5. The molecule has 0 bridgehead atoms. The molecule has 1 N–H and O–H groups in total. The lowest BCUT2D eigenvalue weighted by molar-refractivity contribution is -0.102. The molecule has 1 fully saturated rings. The summed E-state index contributed by atoms with van der Waals surface area (Å²) in [5.74, 6) is 6.69. The van der Waals surface area contributed by atoms with Crippen LogP contribution in [0.2, 0.25) is 0 Å². The molecule has 5 nitrogen and oxygen atoms in total. The Hall–Kier alpha value is -2.55. The minimum atomic E-state index is -0.117. The lowest BCUT2D eigenvalue weighted by Gasteiger charge is -2.22. The first kappa shape index (κ1) is 19.2. The minimum Gasteiger partial charge on any atom is -0.476 e. The van der Waals surface area contributed by atoms with Gasteiger partial charge in [0.2, 0.25) is 0 Å². The molecule has 1 aromatic carbocycles. The maximum Gasteiger partial charge on any atom is 0.195 e. The van der Waals surface area contributed by atoms with E-state index in [0.29, 0.717) is 50.0 Å². The largest absolute Gasteiger partial charge is 0.476 e. The highest BCUT2D eigenvalue weighted by Gasteiger charge is 2.16. The van der Waals surface area contributed by atoms with Gasteiger partial charge in [0, 0.05) is 18.1 Å². The standard InChI is InChI=1S/C22H25NO4/c1-2-19-20(11-7-6-10-17-8-4-3-5-9-17)23-22(14-21(19)24)27-16-18-15-25-12-13-26-18/h3-5,8-9,14,18H,2,6,10,12-13,15-16H2,1H3,(H,23,24)/t18-/m0/s1. The van der Waals surface area contributed by atoms with Crippen molar-refractivity contribution in [2.75, 3.05) is 26.4 Å². The molecule has 0 radical (unpaired) electrons. The molecule has 0 spiro atoms. The average Bonchev–Trinajstić information content (AvgIpc) is 2.71. The predicted molar refractivity (Wildman–Crippen MR) is 104 cm³/mol. The van der Waals surface area contributed by atoms with Gasteiger partial charge in [-0.3, -0.25) is 4.79 Å². The molecule has 1 saturated heterocycles. The summed E-state index contributed by atoms with van der Waals surface area (Å²) in [6.07, 6.45) is 2.12. The van der Waals surface area contributed by atoms with E-state index in [-0.39, 0.29) is 11.5 Å². The van der Waals surface area contributed by atoms with E-state index in [1.165, 1.54) is 11.6 Å². The van der Waals surface area contributed by atoms with Gasteiger partial charge in [0.15, 0.2) is 11.3 Å². The normalized spacial score (nSPS) is 16.4. The third-order valence-corrected chi connectivity index (χ3v) is 4.37. The number of aromatic nitrogens is 1. The van der Waals surface area contributed by atoms with Crippen molar-refractivity contribution in [1.82, 2.24) is 4.98 Å². The summed E-state index contributed by atoms with van der Waals surface area (Å²) in [7, 11) is 0. The summed E-state index contributed by atoms with van der Waals surface area (Å²) < 4.78 is 16.6. The Morgan fingerprint density at radius 3 is 2.85 bits per heavy atom. The lowest BCUT2D eigenvalue weighted by atomic mass is 10.1. The second kappa shape index (κ2) is 9.96. The van der Waals surface area contributed by atoms with Crippen molar-refractivity contribution >= 4 is 0 Å². The number of nitrogens with one attached hydrogen (secondary N) is 1. The molecular weight excluding hydrogens is 342 g/mol. The fraction of sp³-hybridized carbons (Fsp3) is 0.409. The average molecular weight is 367 g/mol. The zero-order valence-corrected chi connectivity index (χ0v) is 15.6. The van der Waals surface area contributed by atoms with Crippen LogP contribution >= 0.6 is 0 Å². The minimum absolute atomic E-state index is 0.0561. The number of aryl methyl sites for hydroxylation is 1. The second-order valence-electron chi connectivity index (χ2n) is 6.37. The highest BCUT2D eigenvalue weighted by Crippen LogP contribution is 2.11. The van der Waals surface area contributed by atoms with E-state index in [0.717, 1.165) is 12.8 Å². The van der Waals surface area contributed by atoms with Gasteiger partial charge in [-0.05, 0) is 24.3 Å². The quantitative estimate of drug-likeness (QED) is 0.798. The van der Waals surface area contributed by atoms with Crippen LogP contribution in [0, 0.1) is 11.8 Å². The van der Waals surface area contributed by atoms with Gasteiger partial charge in [-0.2, -0.15) is 0 Å². The first-order chi connectivity index (χ1) is 13.3. The summed E-state index contributed by atoms with van der Waals surface area (Å²) in [6.45, 7) is 3.97. The molecule has 2 heterocycles. The number of ether oxygens (including phenoxy) is 3. The second-order valence-corrected chi connectivity index (χ2v) is 6.37. The third kappa shape index (κ3) is 5.72. The zero-order chi connectivity index (χ0) is 18.9. The van der Waals surface area contributed by atoms with Crippen LogP contribution in [0.3, 0.4) is 0 Å². The van der Waals surface area contributed by atoms with Crippen LogP contribution in [0.5, 0.6) is 5.88 Å². The van der Waals surface area contributed by atoms with Crippen LogP contribution in [-0.2, 0) is 22.3 Å². The van der Waals surface area contributed by atoms with Crippen LogP contribution in [0.15, 0.2) is 41.2 Å². The zero-order valence-electron chi connectivity index (χ0n) is 15.6. The van der Waals surface area contributed by atoms with Gasteiger partial charge in [0.1, 0.15) is 12.7 Å². The molecule has 1 aliphatic rings. The van der Waals surface area contributed by atoms with E-state index in [1.807, 2.05) is 25.1 Å². The molecule has 1 aromatic heterocycles. The summed E-state index contributed by atoms with van der Waals surface area (Å²) in [5.41, 5.74) is 2.52. The van der Waals surface area contributed by atoms with Crippen molar-refractivity contribution in [3.63, 3.8) is 0 Å². The van der Waals surface area contributed by atoms with E-state index in [2.05, 4.69) is 29.0 Å². The van der Waals surface area contributed by atoms with Gasteiger partial charge in [-0.1, -0.05) is 43.2 Å². The Bertz CT molecular complexity index is 842. The van der Waals surface area contributed by atoms with Gasteiger partial charge in [-0.15, -0.1) is 0 Å². The number of benzene rings is 1. The van der Waals surface area contributed by atoms with Crippen LogP contribution in [0.25, 0.3) is 0 Å². The van der Waals surface area contributed by atoms with Crippen molar-refractivity contribution in [3.05, 3.63) is 63.4 Å². The van der Waals surface area contributed by atoms with Crippen LogP contribution in [-0.4, -0.2) is 37.5 Å². The molecule has 142 valence electrons. The number of aromatic amines is 1. The highest BCUT2D eigenvalue weighted by atomic mass is 16.6. The van der Waals surface area contributed by atoms with E-state index in [4.69, 9.17) is 14.2 Å². The fourth-order valence-electron chi connectivity index (χ4n) is 2.92. The van der Waals surface area contributed by atoms with Crippen molar-refractivity contribution in [3.8, 4) is 17.7 Å². The van der Waals surface area contributed by atoms with Crippen molar-refractivity contribution in [1.29, 1.82) is 0 Å². The van der Waals surface area contributed by atoms with Gasteiger partial charge >= 0.3 is 0 Å². The first-order valence-corrected chi connectivity index (χ1v) is 9.37. The maximum atomic E-state index is 12.4. The molecule has 0 unspecified atom stereocenters. The lowest BCUT2D eigenvalue weighted by Crippen LogP contribution is -2.33. The topological polar surface area (TPSA) is 60.6 Å². The van der Waals surface area contributed by atoms with Crippen molar-refractivity contribution in [2.24, 2.45) is 0 Å². The van der Waals surface area contributed by atoms with Gasteiger partial charge < -0.3 is 19.2 Å². The van der Waals surface area contributed by atoms with Gasteiger partial charge in [-0.25, -0.2) is 0 Å². The number of hydrogen-bond acceptors (Lipinski definition) is 4. The molecule has 1 aliphatic heterocycles. The molecule has 0 amide bonds. The first-order valence-electron chi connectivity index (χ1n) is 9.37. The van der Waals surface area contributed by atoms with Crippen molar-refractivity contribution < 1.29 is 14.2 Å². The maximum absolute atomic E-state index is 12.4. The van der Waals surface area contributed by atoms with E-state index < -0.39 is 0 Å². The third-order valence-electron chi connectivity index (χ3n) is 4.37. The SMILES string of the molecule is CCc1c(C#CCCc2ccccc2)[nH]c(OC[C@@H]2COCCO2)cc1=O. The molecule has 0 saturated carbocycles. The monoisotopic (exact) mass is 367 g/mol. The smallest absolute Gasteiger partial charge is 0.195 e. The Labute approximate surface area is 159 Å². The predicted octanol–water partition coefficient (Wildman–Crippen LogP) is 2.72. The Morgan fingerprint density at radius 2 is 2.11 bits per heavy atom. The molecule has 0 aliphatic carbocycles. The summed E-state index contributed by atoms with van der Waals surface area (Å²) >= 11 is 0. The number of hydrogen-bond donors (Lipinski definition) is 1. The fourth-order valence-corrected chi connectivity index (χ4v) is 2.92. The Kier molecular flexibility index (Phi) is 7.09.